The largest absolute Gasteiger partial charge is 0.306 e. The molecule has 0 amide bonds. The number of likely N-dealkylation sites (N-methyl/N-ethyl adjacent to an activating group) is 1. The maximum Gasteiger partial charge on any atom is 0.0385 e. The van der Waals surface area contributed by atoms with Gasteiger partial charge in [0.2, 0.25) is 0 Å². The van der Waals surface area contributed by atoms with Crippen molar-refractivity contribution < 1.29 is 0 Å². The zero-order valence-corrected chi connectivity index (χ0v) is 7.61. The Morgan fingerprint density at radius 1 is 1.58 bits per heavy atom. The highest BCUT2D eigenvalue weighted by atomic mass is 15.2. The Balaban J connectivity index is 2.02. The Morgan fingerprint density at radius 2 is 2.33 bits per heavy atom. The monoisotopic (exact) mass is 168 g/mol. The van der Waals surface area contributed by atoms with Crippen molar-refractivity contribution in [1.29, 1.82) is 0 Å². The maximum absolute atomic E-state index is 8.06. The first kappa shape index (κ1) is 9.36. The number of rotatable bonds is 5. The van der Waals surface area contributed by atoms with Crippen LogP contribution in [0.3, 0.4) is 0 Å². The molecule has 0 aliphatic heterocycles. The second kappa shape index (κ2) is 5.01. The smallest absolute Gasteiger partial charge is 0.0385 e. The summed E-state index contributed by atoms with van der Waals surface area (Å²) >= 11 is 0. The van der Waals surface area contributed by atoms with Crippen molar-refractivity contribution in [3.8, 4) is 0 Å². The third-order valence-electron chi connectivity index (χ3n) is 2.44. The van der Waals surface area contributed by atoms with Gasteiger partial charge in [-0.2, -0.15) is 0 Å². The van der Waals surface area contributed by atoms with Gasteiger partial charge in [-0.25, -0.2) is 0 Å². The Bertz CT molecular complexity index is 170. The molecule has 0 heterocycles. The molecule has 0 radical (unpaired) electrons. The fraction of sp³-hybridized carbons (Fsp3) is 1.00. The van der Waals surface area contributed by atoms with Gasteiger partial charge in [0.25, 0.3) is 0 Å². The number of azide groups is 1. The topological polar surface area (TPSA) is 52.0 Å². The molecular weight excluding hydrogens is 152 g/mol. The molecule has 4 nitrogen and oxygen atoms in total. The van der Waals surface area contributed by atoms with Crippen molar-refractivity contribution in [3.63, 3.8) is 0 Å². The molecule has 0 saturated heterocycles. The van der Waals surface area contributed by atoms with Crippen LogP contribution in [0, 0.1) is 5.92 Å². The molecule has 1 fully saturated rings. The van der Waals surface area contributed by atoms with Crippen LogP contribution in [0.2, 0.25) is 0 Å². The van der Waals surface area contributed by atoms with Gasteiger partial charge in [0.1, 0.15) is 0 Å². The fourth-order valence-corrected chi connectivity index (χ4v) is 1.47. The normalized spacial score (nSPS) is 17.2. The zero-order chi connectivity index (χ0) is 8.81. The van der Waals surface area contributed by atoms with Crippen LogP contribution in [0.1, 0.15) is 19.3 Å². The Hall–Kier alpha value is -0.730. The summed E-state index contributed by atoms with van der Waals surface area (Å²) in [5, 5.41) is 3.50. The first-order valence-corrected chi connectivity index (χ1v) is 4.52. The second-order valence-electron chi connectivity index (χ2n) is 3.51. The van der Waals surface area contributed by atoms with E-state index in [4.69, 9.17) is 5.53 Å². The van der Waals surface area contributed by atoms with Gasteiger partial charge in [0.15, 0.2) is 0 Å². The summed E-state index contributed by atoms with van der Waals surface area (Å²) < 4.78 is 0. The standard InChI is InChI=1S/C8H16N4/c1-12(6-5-10-11-9)7-8-3-2-4-8/h8H,2-7H2,1H3. The number of hydrogen-bond acceptors (Lipinski definition) is 2. The molecule has 0 unspecified atom stereocenters. The van der Waals surface area contributed by atoms with Crippen LogP contribution in [0.15, 0.2) is 5.11 Å². The lowest BCUT2D eigenvalue weighted by atomic mass is 9.85. The Labute approximate surface area is 73.2 Å². The van der Waals surface area contributed by atoms with E-state index in [-0.39, 0.29) is 0 Å². The third kappa shape index (κ3) is 3.11. The minimum atomic E-state index is 0.597. The SMILES string of the molecule is CN(CCN=[N+]=[N-])CC1CCC1. The first-order chi connectivity index (χ1) is 5.83. The molecule has 0 aromatic heterocycles. The van der Waals surface area contributed by atoms with E-state index in [0.29, 0.717) is 6.54 Å². The molecule has 0 bridgehead atoms. The molecule has 68 valence electrons. The van der Waals surface area contributed by atoms with E-state index in [2.05, 4.69) is 22.0 Å². The maximum atomic E-state index is 8.06. The van der Waals surface area contributed by atoms with E-state index in [0.717, 1.165) is 12.5 Å². The summed E-state index contributed by atoms with van der Waals surface area (Å²) in [5.74, 6) is 0.904. The molecule has 1 aliphatic rings. The highest BCUT2D eigenvalue weighted by Crippen LogP contribution is 2.26. The molecule has 0 aromatic carbocycles. The molecular formula is C8H16N4. The Morgan fingerprint density at radius 3 is 2.83 bits per heavy atom. The average Bonchev–Trinajstić information content (AvgIpc) is 1.98. The average molecular weight is 168 g/mol. The lowest BCUT2D eigenvalue weighted by Crippen LogP contribution is -2.31. The van der Waals surface area contributed by atoms with Gasteiger partial charge in [0.05, 0.1) is 0 Å². The van der Waals surface area contributed by atoms with Crippen LogP contribution in [-0.4, -0.2) is 31.6 Å². The molecule has 0 atom stereocenters. The highest BCUT2D eigenvalue weighted by Gasteiger charge is 2.18. The van der Waals surface area contributed by atoms with Gasteiger partial charge in [-0.1, -0.05) is 11.5 Å². The minimum Gasteiger partial charge on any atom is -0.306 e. The molecule has 0 spiro atoms. The van der Waals surface area contributed by atoms with Crippen molar-refractivity contribution in [1.82, 2.24) is 4.90 Å². The van der Waals surface area contributed by atoms with Gasteiger partial charge in [0, 0.05) is 24.5 Å². The predicted octanol–water partition coefficient (Wildman–Crippen LogP) is 2.03. The molecule has 4 heteroatoms. The summed E-state index contributed by atoms with van der Waals surface area (Å²) in [6.45, 7) is 2.65. The number of hydrogen-bond donors (Lipinski definition) is 0. The van der Waals surface area contributed by atoms with E-state index in [9.17, 15) is 0 Å². The zero-order valence-electron chi connectivity index (χ0n) is 7.61. The van der Waals surface area contributed by atoms with E-state index < -0.39 is 0 Å². The van der Waals surface area contributed by atoms with E-state index >= 15 is 0 Å². The van der Waals surface area contributed by atoms with Crippen molar-refractivity contribution >= 4 is 0 Å². The van der Waals surface area contributed by atoms with Gasteiger partial charge in [-0.3, -0.25) is 0 Å². The predicted molar refractivity (Wildman–Crippen MR) is 48.9 cm³/mol. The fourth-order valence-electron chi connectivity index (χ4n) is 1.47. The van der Waals surface area contributed by atoms with Crippen molar-refractivity contribution in [2.24, 2.45) is 11.0 Å². The van der Waals surface area contributed by atoms with Gasteiger partial charge in [-0.05, 0) is 31.3 Å². The van der Waals surface area contributed by atoms with Crippen LogP contribution in [-0.2, 0) is 0 Å². The number of nitrogens with zero attached hydrogens (tertiary/aromatic N) is 4. The molecule has 0 aromatic rings. The van der Waals surface area contributed by atoms with Crippen molar-refractivity contribution in [2.75, 3.05) is 26.7 Å². The summed E-state index contributed by atoms with van der Waals surface area (Å²) in [5.41, 5.74) is 8.06. The molecule has 12 heavy (non-hydrogen) atoms. The first-order valence-electron chi connectivity index (χ1n) is 4.52. The molecule has 1 saturated carbocycles. The summed E-state index contributed by atoms with van der Waals surface area (Å²) in [4.78, 5) is 4.97. The van der Waals surface area contributed by atoms with Gasteiger partial charge in [-0.15, -0.1) is 0 Å². The quantitative estimate of drug-likeness (QED) is 0.352. The molecule has 1 aliphatic carbocycles. The lowest BCUT2D eigenvalue weighted by molar-refractivity contribution is 0.209. The Kier molecular flexibility index (Phi) is 3.91. The van der Waals surface area contributed by atoms with Gasteiger partial charge < -0.3 is 4.90 Å². The second-order valence-corrected chi connectivity index (χ2v) is 3.51. The lowest BCUT2D eigenvalue weighted by Gasteiger charge is -2.29. The van der Waals surface area contributed by atoms with Crippen LogP contribution in [0.5, 0.6) is 0 Å². The van der Waals surface area contributed by atoms with Crippen LogP contribution in [0.4, 0.5) is 0 Å². The minimum absolute atomic E-state index is 0.597. The molecule has 1 rings (SSSR count). The summed E-state index contributed by atoms with van der Waals surface area (Å²) in [6, 6.07) is 0. The van der Waals surface area contributed by atoms with Crippen molar-refractivity contribution in [2.45, 2.75) is 19.3 Å². The van der Waals surface area contributed by atoms with Crippen LogP contribution < -0.4 is 0 Å². The van der Waals surface area contributed by atoms with E-state index in [1.807, 2.05) is 0 Å². The van der Waals surface area contributed by atoms with Gasteiger partial charge >= 0.3 is 0 Å². The summed E-state index contributed by atoms with van der Waals surface area (Å²) in [6.07, 6.45) is 4.16. The van der Waals surface area contributed by atoms with Crippen LogP contribution >= 0.6 is 0 Å². The summed E-state index contributed by atoms with van der Waals surface area (Å²) in [7, 11) is 2.09. The van der Waals surface area contributed by atoms with Crippen molar-refractivity contribution in [3.05, 3.63) is 10.4 Å². The molecule has 0 N–H and O–H groups in total. The van der Waals surface area contributed by atoms with Crippen LogP contribution in [0.25, 0.3) is 10.4 Å². The van der Waals surface area contributed by atoms with E-state index in [1.165, 1.54) is 25.8 Å². The third-order valence-corrected chi connectivity index (χ3v) is 2.44. The van der Waals surface area contributed by atoms with E-state index in [1.54, 1.807) is 0 Å². The highest BCUT2D eigenvalue weighted by molar-refractivity contribution is 4.72.